The van der Waals surface area contributed by atoms with Crippen molar-refractivity contribution < 1.29 is 14.4 Å². The van der Waals surface area contributed by atoms with Gasteiger partial charge < -0.3 is 10.6 Å². The van der Waals surface area contributed by atoms with Gasteiger partial charge in [-0.25, -0.2) is 4.79 Å². The first-order valence-electron chi connectivity index (χ1n) is 9.16. The van der Waals surface area contributed by atoms with Crippen LogP contribution < -0.4 is 16.0 Å². The molecule has 6 nitrogen and oxygen atoms in total. The largest absolute Gasteiger partial charge is 0.352 e. The molecular formula is C21H21N3O3. The Morgan fingerprint density at radius 2 is 1.74 bits per heavy atom. The van der Waals surface area contributed by atoms with Gasteiger partial charge in [-0.2, -0.15) is 0 Å². The van der Waals surface area contributed by atoms with Crippen molar-refractivity contribution in [3.63, 3.8) is 0 Å². The lowest BCUT2D eigenvalue weighted by Gasteiger charge is -2.26. The predicted octanol–water partition coefficient (Wildman–Crippen LogP) is 2.46. The van der Waals surface area contributed by atoms with Crippen LogP contribution in [0.2, 0.25) is 0 Å². The van der Waals surface area contributed by atoms with Crippen LogP contribution in [0.3, 0.4) is 0 Å². The normalized spacial score (nSPS) is 21.5. The molecule has 0 spiro atoms. The van der Waals surface area contributed by atoms with E-state index >= 15 is 0 Å². The van der Waals surface area contributed by atoms with Crippen molar-refractivity contribution in [2.24, 2.45) is 5.92 Å². The highest BCUT2D eigenvalue weighted by Gasteiger charge is 2.55. The van der Waals surface area contributed by atoms with Crippen LogP contribution in [0.5, 0.6) is 0 Å². The third kappa shape index (κ3) is 3.30. The highest BCUT2D eigenvalue weighted by Crippen LogP contribution is 2.43. The summed E-state index contributed by atoms with van der Waals surface area (Å²) in [5.41, 5.74) is 1.53. The van der Waals surface area contributed by atoms with Crippen molar-refractivity contribution in [1.29, 1.82) is 0 Å². The quantitative estimate of drug-likeness (QED) is 0.689. The van der Waals surface area contributed by atoms with E-state index in [9.17, 15) is 14.4 Å². The molecule has 3 N–H and O–H groups in total. The maximum atomic E-state index is 12.7. The Balaban J connectivity index is 1.46. The lowest BCUT2D eigenvalue weighted by atomic mass is 9.89. The molecular weight excluding hydrogens is 342 g/mol. The molecule has 4 rings (SSSR count). The first kappa shape index (κ1) is 17.3. The van der Waals surface area contributed by atoms with Gasteiger partial charge in [-0.15, -0.1) is 0 Å². The van der Waals surface area contributed by atoms with E-state index < -0.39 is 11.6 Å². The zero-order valence-corrected chi connectivity index (χ0v) is 14.8. The Bertz CT molecular complexity index is 893. The van der Waals surface area contributed by atoms with Crippen molar-refractivity contribution in [3.05, 3.63) is 60.2 Å². The maximum absolute atomic E-state index is 12.7. The van der Waals surface area contributed by atoms with Crippen LogP contribution in [0, 0.1) is 5.92 Å². The molecule has 27 heavy (non-hydrogen) atoms. The smallest absolute Gasteiger partial charge is 0.322 e. The van der Waals surface area contributed by atoms with Crippen LogP contribution in [-0.2, 0) is 4.79 Å². The minimum Gasteiger partial charge on any atom is -0.352 e. The van der Waals surface area contributed by atoms with E-state index in [-0.39, 0.29) is 17.7 Å². The van der Waals surface area contributed by atoms with Gasteiger partial charge in [0.2, 0.25) is 0 Å². The molecule has 1 saturated heterocycles. The topological polar surface area (TPSA) is 87.3 Å². The van der Waals surface area contributed by atoms with Crippen LogP contribution in [0.4, 0.5) is 4.79 Å². The second kappa shape index (κ2) is 6.87. The highest BCUT2D eigenvalue weighted by molar-refractivity contribution is 6.07. The summed E-state index contributed by atoms with van der Waals surface area (Å²) < 4.78 is 0. The summed E-state index contributed by atoms with van der Waals surface area (Å²) in [4.78, 5) is 36.6. The Hall–Kier alpha value is -3.15. The molecule has 0 radical (unpaired) electrons. The number of urea groups is 1. The molecule has 0 bridgehead atoms. The minimum absolute atomic E-state index is 0.150. The van der Waals surface area contributed by atoms with Crippen LogP contribution >= 0.6 is 0 Å². The number of nitrogens with one attached hydrogen (secondary N) is 3. The molecule has 6 heteroatoms. The monoisotopic (exact) mass is 363 g/mol. The van der Waals surface area contributed by atoms with Gasteiger partial charge >= 0.3 is 6.03 Å². The molecule has 1 aliphatic heterocycles. The maximum Gasteiger partial charge on any atom is 0.322 e. The number of hydrogen-bond donors (Lipinski definition) is 3. The average Bonchev–Trinajstić information content (AvgIpc) is 3.49. The van der Waals surface area contributed by atoms with E-state index in [0.717, 1.165) is 24.0 Å². The zero-order chi connectivity index (χ0) is 18.9. The van der Waals surface area contributed by atoms with E-state index in [1.54, 1.807) is 6.07 Å². The summed E-state index contributed by atoms with van der Waals surface area (Å²) >= 11 is 0. The van der Waals surface area contributed by atoms with E-state index in [1.165, 1.54) is 0 Å². The van der Waals surface area contributed by atoms with E-state index in [2.05, 4.69) is 16.0 Å². The number of imide groups is 1. The number of hydrogen-bond acceptors (Lipinski definition) is 3. The zero-order valence-electron chi connectivity index (χ0n) is 14.8. The van der Waals surface area contributed by atoms with Crippen LogP contribution in [0.25, 0.3) is 11.1 Å². The van der Waals surface area contributed by atoms with Gasteiger partial charge in [-0.1, -0.05) is 48.5 Å². The van der Waals surface area contributed by atoms with Gasteiger partial charge in [0.15, 0.2) is 0 Å². The SMILES string of the molecule is O=C1NC(=O)[C@](CCNC(=O)c2ccccc2-c2ccccc2)(C2CC2)N1. The molecule has 1 atom stereocenters. The third-order valence-corrected chi connectivity index (χ3v) is 5.30. The van der Waals surface area contributed by atoms with Gasteiger partial charge in [0.05, 0.1) is 0 Å². The first-order valence-corrected chi connectivity index (χ1v) is 9.16. The van der Waals surface area contributed by atoms with Crippen molar-refractivity contribution in [1.82, 2.24) is 16.0 Å². The molecule has 138 valence electrons. The summed E-state index contributed by atoms with van der Waals surface area (Å²) in [7, 11) is 0. The summed E-state index contributed by atoms with van der Waals surface area (Å²) in [6.45, 7) is 0.312. The standard InChI is InChI=1S/C21H21N3O3/c25-18(17-9-5-4-8-16(17)14-6-2-1-3-7-14)22-13-12-21(15-10-11-15)19(26)23-20(27)24-21/h1-9,15H,10-13H2,(H,22,25)(H2,23,24,26,27)/t21-/m0/s1. The summed E-state index contributed by atoms with van der Waals surface area (Å²) in [6, 6.07) is 16.7. The first-order chi connectivity index (χ1) is 13.1. The molecule has 4 amide bonds. The summed E-state index contributed by atoms with van der Waals surface area (Å²) in [6.07, 6.45) is 2.21. The van der Waals surface area contributed by atoms with Crippen molar-refractivity contribution in [3.8, 4) is 11.1 Å². The number of carbonyl (C=O) groups is 3. The Morgan fingerprint density at radius 1 is 1.04 bits per heavy atom. The van der Waals surface area contributed by atoms with Gasteiger partial charge in [-0.05, 0) is 42.4 Å². The Kier molecular flexibility index (Phi) is 4.39. The van der Waals surface area contributed by atoms with Crippen LogP contribution in [-0.4, -0.2) is 29.9 Å². The second-order valence-electron chi connectivity index (χ2n) is 7.07. The molecule has 1 saturated carbocycles. The molecule has 2 aliphatic rings. The van der Waals surface area contributed by atoms with Crippen LogP contribution in [0.15, 0.2) is 54.6 Å². The van der Waals surface area contributed by atoms with Gasteiger partial charge in [-0.3, -0.25) is 14.9 Å². The second-order valence-corrected chi connectivity index (χ2v) is 7.07. The Morgan fingerprint density at radius 3 is 2.41 bits per heavy atom. The molecule has 0 aromatic heterocycles. The molecule has 2 aromatic carbocycles. The average molecular weight is 363 g/mol. The lowest BCUT2D eigenvalue weighted by molar-refractivity contribution is -0.124. The van der Waals surface area contributed by atoms with Crippen molar-refractivity contribution in [2.75, 3.05) is 6.54 Å². The minimum atomic E-state index is -0.886. The van der Waals surface area contributed by atoms with E-state index in [1.807, 2.05) is 48.5 Å². The van der Waals surface area contributed by atoms with Crippen LogP contribution in [0.1, 0.15) is 29.6 Å². The van der Waals surface area contributed by atoms with Gasteiger partial charge in [0.1, 0.15) is 5.54 Å². The van der Waals surface area contributed by atoms with E-state index in [4.69, 9.17) is 0 Å². The number of benzene rings is 2. The molecule has 2 aromatic rings. The van der Waals surface area contributed by atoms with Gasteiger partial charge in [0.25, 0.3) is 11.8 Å². The summed E-state index contributed by atoms with van der Waals surface area (Å²) in [5.74, 6) is -0.323. The van der Waals surface area contributed by atoms with Gasteiger partial charge in [0, 0.05) is 12.1 Å². The number of amides is 4. The fourth-order valence-corrected chi connectivity index (χ4v) is 3.77. The third-order valence-electron chi connectivity index (χ3n) is 5.30. The Labute approximate surface area is 157 Å². The lowest BCUT2D eigenvalue weighted by Crippen LogP contribution is -2.51. The fraction of sp³-hybridized carbons (Fsp3) is 0.286. The highest BCUT2D eigenvalue weighted by atomic mass is 16.2. The number of carbonyl (C=O) groups excluding carboxylic acids is 3. The predicted molar refractivity (Wildman–Crippen MR) is 101 cm³/mol. The van der Waals surface area contributed by atoms with Crippen molar-refractivity contribution >= 4 is 17.8 Å². The number of rotatable bonds is 6. The molecule has 1 aliphatic carbocycles. The summed E-state index contributed by atoms with van der Waals surface area (Å²) in [5, 5.41) is 8.02. The molecule has 1 heterocycles. The van der Waals surface area contributed by atoms with Crippen molar-refractivity contribution in [2.45, 2.75) is 24.8 Å². The molecule has 2 fully saturated rings. The molecule has 0 unspecified atom stereocenters. The fourth-order valence-electron chi connectivity index (χ4n) is 3.77. The van der Waals surface area contributed by atoms with E-state index in [0.29, 0.717) is 18.5 Å².